The normalized spacial score (nSPS) is 22.0. The Morgan fingerprint density at radius 2 is 1.91 bits per heavy atom. The lowest BCUT2D eigenvalue weighted by Gasteiger charge is -2.33. The number of pyridine rings is 2. The van der Waals surface area contributed by atoms with Crippen LogP contribution in [0.1, 0.15) is 6.92 Å². The third-order valence-corrected chi connectivity index (χ3v) is 8.99. The minimum Gasteiger partial charge on any atom is -0.378 e. The van der Waals surface area contributed by atoms with Crippen LogP contribution in [-0.2, 0) is 19.3 Å². The smallest absolute Gasteiger partial charge is 0.231 e. The lowest BCUT2D eigenvalue weighted by molar-refractivity contribution is -0.119. The van der Waals surface area contributed by atoms with Crippen LogP contribution in [0.15, 0.2) is 64.2 Å². The van der Waals surface area contributed by atoms with Crippen LogP contribution in [0.4, 0.5) is 5.82 Å². The number of rotatable bonds is 5. The lowest BCUT2D eigenvalue weighted by Crippen LogP contribution is -2.44. The average Bonchev–Trinajstić information content (AvgIpc) is 3.46. The predicted octanol–water partition coefficient (Wildman–Crippen LogP) is 3.08. The number of hydrogen-bond donors (Lipinski definition) is 1. The molecule has 0 spiro atoms. The zero-order valence-electron chi connectivity index (χ0n) is 19.0. The molecule has 1 aromatic carbocycles. The van der Waals surface area contributed by atoms with Crippen LogP contribution in [0.25, 0.3) is 33.4 Å². The number of H-pyrrole nitrogens is 1. The van der Waals surface area contributed by atoms with E-state index in [0.717, 1.165) is 52.3 Å². The van der Waals surface area contributed by atoms with E-state index in [-0.39, 0.29) is 0 Å². The van der Waals surface area contributed by atoms with Crippen LogP contribution in [-0.4, -0.2) is 67.5 Å². The number of ether oxygens (including phenoxy) is 1. The Kier molecular flexibility index (Phi) is 5.23. The van der Waals surface area contributed by atoms with Gasteiger partial charge in [-0.15, -0.1) is 4.47 Å². The Hall–Kier alpha value is -3.83. The van der Waals surface area contributed by atoms with Crippen molar-refractivity contribution in [3.8, 4) is 22.5 Å². The molecule has 3 aromatic heterocycles. The molecule has 0 saturated carbocycles. The van der Waals surface area contributed by atoms with Gasteiger partial charge in [-0.25, -0.2) is 14.2 Å². The monoisotopic (exact) mass is 489 g/mol. The lowest BCUT2D eigenvalue weighted by atomic mass is 10.00. The number of aromatic amines is 1. The first-order valence-electron chi connectivity index (χ1n) is 11.3. The number of amides is 1. The maximum atomic E-state index is 13.2. The second kappa shape index (κ2) is 8.43. The zero-order chi connectivity index (χ0) is 24.0. The summed E-state index contributed by atoms with van der Waals surface area (Å²) in [5.41, 5.74) is 4.25. The van der Waals surface area contributed by atoms with Crippen molar-refractivity contribution in [2.75, 3.05) is 31.2 Å². The fourth-order valence-electron chi connectivity index (χ4n) is 4.47. The highest BCUT2D eigenvalue weighted by Crippen LogP contribution is 2.36. The number of carbonyl (C=O) groups excluding carboxylic acids is 1. The van der Waals surface area contributed by atoms with E-state index in [1.54, 1.807) is 19.3 Å². The Morgan fingerprint density at radius 3 is 2.60 bits per heavy atom. The molecule has 6 rings (SSSR count). The number of anilines is 1. The molecule has 2 aliphatic rings. The standard InChI is InChI=1S/C24H23N7O3S/c1-16-31(15-32)29-35(16,33)18-4-2-17(3-5-18)20-14-22(30-10-12-34-13-11-30)27-23-19(20)6-8-25-24(23)21-7-9-26-28-21/h2-9,14-16H,10-13H2,1H3,(H,26,28). The van der Waals surface area contributed by atoms with Crippen LogP contribution in [0.5, 0.6) is 0 Å². The number of morpholine rings is 1. The van der Waals surface area contributed by atoms with E-state index in [1.165, 1.54) is 5.01 Å². The van der Waals surface area contributed by atoms with Gasteiger partial charge in [0.2, 0.25) is 6.41 Å². The summed E-state index contributed by atoms with van der Waals surface area (Å²) in [5, 5.41) is 8.77. The minimum atomic E-state index is -2.65. The van der Waals surface area contributed by atoms with Gasteiger partial charge >= 0.3 is 0 Å². The van der Waals surface area contributed by atoms with Crippen molar-refractivity contribution in [1.29, 1.82) is 0 Å². The van der Waals surface area contributed by atoms with E-state index in [1.807, 2.05) is 36.4 Å². The summed E-state index contributed by atoms with van der Waals surface area (Å²) in [5.74, 6) is 0.851. The Bertz CT molecular complexity index is 1520. The van der Waals surface area contributed by atoms with E-state index >= 15 is 0 Å². The fourth-order valence-corrected chi connectivity index (χ4v) is 6.34. The highest BCUT2D eigenvalue weighted by molar-refractivity contribution is 7.95. The molecule has 0 radical (unpaired) electrons. The molecule has 1 fully saturated rings. The van der Waals surface area contributed by atoms with Gasteiger partial charge in [0.25, 0.3) is 0 Å². The molecule has 2 unspecified atom stereocenters. The van der Waals surface area contributed by atoms with Gasteiger partial charge in [-0.1, -0.05) is 12.1 Å². The quantitative estimate of drug-likeness (QED) is 0.428. The van der Waals surface area contributed by atoms with Crippen molar-refractivity contribution in [1.82, 2.24) is 25.2 Å². The van der Waals surface area contributed by atoms with Gasteiger partial charge in [-0.2, -0.15) is 5.10 Å². The highest BCUT2D eigenvalue weighted by atomic mass is 32.2. The van der Waals surface area contributed by atoms with Gasteiger partial charge in [-0.3, -0.25) is 14.9 Å². The van der Waals surface area contributed by atoms with Crippen LogP contribution >= 0.6 is 0 Å². The first-order valence-corrected chi connectivity index (χ1v) is 12.9. The number of nitrogens with one attached hydrogen (secondary N) is 1. The summed E-state index contributed by atoms with van der Waals surface area (Å²) in [6.45, 7) is 4.55. The van der Waals surface area contributed by atoms with Crippen molar-refractivity contribution in [3.63, 3.8) is 0 Å². The topological polar surface area (TPSA) is 117 Å². The molecule has 178 valence electrons. The van der Waals surface area contributed by atoms with Crippen molar-refractivity contribution in [2.45, 2.75) is 17.2 Å². The number of nitrogens with zero attached hydrogens (tertiary/aromatic N) is 6. The highest BCUT2D eigenvalue weighted by Gasteiger charge is 2.36. The van der Waals surface area contributed by atoms with Gasteiger partial charge < -0.3 is 9.64 Å². The summed E-state index contributed by atoms with van der Waals surface area (Å²) in [4.78, 5) is 23.5. The number of carbonyl (C=O) groups is 1. The summed E-state index contributed by atoms with van der Waals surface area (Å²) in [6.07, 6.45) is 4.07. The second-order valence-corrected chi connectivity index (χ2v) is 10.9. The first-order chi connectivity index (χ1) is 17.1. The van der Waals surface area contributed by atoms with Crippen LogP contribution in [0.2, 0.25) is 0 Å². The molecule has 0 bridgehead atoms. The summed E-state index contributed by atoms with van der Waals surface area (Å²) in [6, 6.07) is 13.5. The summed E-state index contributed by atoms with van der Waals surface area (Å²) in [7, 11) is -2.65. The molecule has 1 amide bonds. The minimum absolute atomic E-state index is 0.455. The molecular weight excluding hydrogens is 466 g/mol. The van der Waals surface area contributed by atoms with Gasteiger partial charge in [0.05, 0.1) is 23.8 Å². The van der Waals surface area contributed by atoms with E-state index in [2.05, 4.69) is 30.6 Å². The molecule has 2 aliphatic heterocycles. The molecule has 1 saturated heterocycles. The van der Waals surface area contributed by atoms with Gasteiger partial charge in [-0.05, 0) is 48.4 Å². The first kappa shape index (κ1) is 21.7. The van der Waals surface area contributed by atoms with Crippen molar-refractivity contribution < 1.29 is 13.7 Å². The molecule has 10 nitrogen and oxygen atoms in total. The third-order valence-electron chi connectivity index (χ3n) is 6.47. The van der Waals surface area contributed by atoms with E-state index in [0.29, 0.717) is 24.5 Å². The van der Waals surface area contributed by atoms with Gasteiger partial charge in [0.1, 0.15) is 32.1 Å². The zero-order valence-corrected chi connectivity index (χ0v) is 19.8. The van der Waals surface area contributed by atoms with E-state index in [4.69, 9.17) is 9.72 Å². The van der Waals surface area contributed by atoms with Crippen LogP contribution in [0, 0.1) is 0 Å². The largest absolute Gasteiger partial charge is 0.378 e. The SMILES string of the molecule is CC1N(C=O)N=S1(=O)c1ccc(-c2cc(N3CCOCC3)nc3c(-c4ccn[nH]4)nccc23)cc1. The Morgan fingerprint density at radius 1 is 1.11 bits per heavy atom. The molecule has 11 heteroatoms. The Balaban J connectivity index is 1.50. The van der Waals surface area contributed by atoms with Crippen molar-refractivity contribution in [3.05, 3.63) is 54.9 Å². The summed E-state index contributed by atoms with van der Waals surface area (Å²) < 4.78 is 22.8. The molecule has 0 aliphatic carbocycles. The third kappa shape index (κ3) is 3.55. The number of fused-ring (bicyclic) bond motifs is 1. The maximum absolute atomic E-state index is 13.2. The number of aromatic nitrogens is 4. The molecule has 2 atom stereocenters. The van der Waals surface area contributed by atoms with E-state index < -0.39 is 15.1 Å². The van der Waals surface area contributed by atoms with Crippen molar-refractivity contribution in [2.24, 2.45) is 4.47 Å². The predicted molar refractivity (Wildman–Crippen MR) is 132 cm³/mol. The maximum Gasteiger partial charge on any atom is 0.231 e. The molecule has 4 aromatic rings. The van der Waals surface area contributed by atoms with Gasteiger partial charge in [0, 0.05) is 30.9 Å². The molecule has 1 N–H and O–H groups in total. The van der Waals surface area contributed by atoms with E-state index in [9.17, 15) is 9.00 Å². The summed E-state index contributed by atoms with van der Waals surface area (Å²) >= 11 is 0. The number of hydrogen-bond acceptors (Lipinski definition) is 8. The van der Waals surface area contributed by atoms with Crippen LogP contribution < -0.4 is 4.90 Å². The second-order valence-electron chi connectivity index (χ2n) is 8.41. The Labute approximate surface area is 202 Å². The van der Waals surface area contributed by atoms with Crippen molar-refractivity contribution >= 4 is 32.9 Å². The van der Waals surface area contributed by atoms with Crippen LogP contribution in [0.3, 0.4) is 0 Å². The average molecular weight is 490 g/mol. The van der Waals surface area contributed by atoms with Gasteiger partial charge in [0.15, 0.2) is 0 Å². The number of benzene rings is 1. The fraction of sp³-hybridized carbons (Fsp3) is 0.250. The molecular formula is C24H23N7O3S. The molecule has 5 heterocycles. The molecule has 35 heavy (non-hydrogen) atoms.